The summed E-state index contributed by atoms with van der Waals surface area (Å²) in [6.45, 7) is 1.61. The molecule has 1 heterocycles. The molecule has 1 aliphatic heterocycles. The molecule has 37 heavy (non-hydrogen) atoms. The molecule has 0 aromatic carbocycles. The van der Waals surface area contributed by atoms with Crippen LogP contribution in [0.3, 0.4) is 0 Å². The molecule has 0 spiro atoms. The number of rotatable bonds is 19. The number of hydrogen-bond donors (Lipinski definition) is 4. The van der Waals surface area contributed by atoms with Crippen molar-refractivity contribution < 1.29 is 51.9 Å². The maximum atomic E-state index is 11.8. The second kappa shape index (κ2) is 24.9. The van der Waals surface area contributed by atoms with Crippen LogP contribution in [-0.4, -0.2) is 115 Å². The molecule has 0 fully saturated rings. The van der Waals surface area contributed by atoms with Gasteiger partial charge in [0.2, 0.25) is 11.5 Å². The van der Waals surface area contributed by atoms with Crippen molar-refractivity contribution >= 4 is 77.4 Å². The molecule has 8 N–H and O–H groups in total. The van der Waals surface area contributed by atoms with E-state index in [-0.39, 0.29) is 73.1 Å². The maximum absolute atomic E-state index is 11.8. The van der Waals surface area contributed by atoms with Gasteiger partial charge in [-0.1, -0.05) is 84.0 Å². The second-order valence-electron chi connectivity index (χ2n) is 8.29. The van der Waals surface area contributed by atoms with Gasteiger partial charge in [-0.3, -0.25) is 9.35 Å². The molecular formula is C22H48AlCaNO11S. The first kappa shape index (κ1) is 43.9. The monoisotopic (exact) mass is 601 g/mol. The summed E-state index contributed by atoms with van der Waals surface area (Å²) in [6.07, 6.45) is 12.1. The van der Waals surface area contributed by atoms with Gasteiger partial charge in [-0.25, -0.2) is 4.79 Å². The third-order valence-corrected chi connectivity index (χ3v) is 5.75. The zero-order valence-corrected chi connectivity index (χ0v) is 21.4. The van der Waals surface area contributed by atoms with E-state index in [0.717, 1.165) is 19.3 Å². The first-order valence-corrected chi connectivity index (χ1v) is 13.2. The number of aliphatic hydroxyl groups is 2. The SMILES string of the molecule is CCCCCCCCCCCCCCCC(=O)OC[C@H](O)[C@H]1OC(=O)C(O)=C1OS(=O)(=O)O.N.O.[AlH3].[CaH2]. The van der Waals surface area contributed by atoms with Crippen molar-refractivity contribution in [2.45, 2.75) is 109 Å². The summed E-state index contributed by atoms with van der Waals surface area (Å²) in [5.41, 5.74) is 0. The summed E-state index contributed by atoms with van der Waals surface area (Å²) >= 11 is 0. The van der Waals surface area contributed by atoms with Crippen LogP contribution in [0.1, 0.15) is 96.8 Å². The minimum atomic E-state index is -5.06. The van der Waals surface area contributed by atoms with Crippen LogP contribution in [0, 0.1) is 0 Å². The Morgan fingerprint density at radius 1 is 0.973 bits per heavy atom. The predicted octanol–water partition coefficient (Wildman–Crippen LogP) is 1.12. The number of unbranched alkanes of at least 4 members (excludes halogenated alkanes) is 12. The van der Waals surface area contributed by atoms with Crippen molar-refractivity contribution in [1.29, 1.82) is 0 Å². The summed E-state index contributed by atoms with van der Waals surface area (Å²) in [7, 11) is -5.06. The molecular weight excluding hydrogens is 553 g/mol. The van der Waals surface area contributed by atoms with Crippen LogP contribution < -0.4 is 6.15 Å². The van der Waals surface area contributed by atoms with E-state index in [1.165, 1.54) is 57.8 Å². The summed E-state index contributed by atoms with van der Waals surface area (Å²) in [6, 6.07) is 0. The molecule has 1 rings (SSSR count). The fourth-order valence-corrected chi connectivity index (χ4v) is 3.94. The molecule has 1 aliphatic rings. The van der Waals surface area contributed by atoms with Crippen LogP contribution in [0.25, 0.3) is 0 Å². The standard InChI is InChI=1S/C22H38O10S.Al.Ca.H3N.H2O.5H/c1-2-3-4-5-6-7-8-9-10-11-12-13-14-15-18(24)30-16-17(23)20-21(32-33(27,28)29)19(25)22(26)31-20;;;;;;;;;/h17,20,23,25H,2-16H2,1H3,(H,27,28,29);;;1H3;1H2;;;;;/t17-,20+;;;;;;;;;/m0........./s1. The molecule has 0 amide bonds. The van der Waals surface area contributed by atoms with Crippen LogP contribution in [0.4, 0.5) is 0 Å². The Balaban J connectivity index is -0.00000136. The van der Waals surface area contributed by atoms with E-state index in [0.29, 0.717) is 6.42 Å². The Morgan fingerprint density at radius 2 is 1.41 bits per heavy atom. The average Bonchev–Trinajstić information content (AvgIpc) is 3.02. The molecule has 15 heteroatoms. The molecule has 0 saturated heterocycles. The van der Waals surface area contributed by atoms with E-state index in [4.69, 9.17) is 9.29 Å². The Labute approximate surface area is 260 Å². The first-order valence-electron chi connectivity index (χ1n) is 11.8. The van der Waals surface area contributed by atoms with Crippen LogP contribution in [-0.2, 0) is 33.6 Å². The fourth-order valence-electron chi connectivity index (χ4n) is 3.54. The number of aliphatic hydroxyl groups excluding tert-OH is 2. The van der Waals surface area contributed by atoms with E-state index < -0.39 is 52.7 Å². The quantitative estimate of drug-likeness (QED) is 0.0710. The van der Waals surface area contributed by atoms with Crippen molar-refractivity contribution in [3.8, 4) is 0 Å². The predicted molar refractivity (Wildman–Crippen MR) is 147 cm³/mol. The molecule has 12 nitrogen and oxygen atoms in total. The van der Waals surface area contributed by atoms with Crippen LogP contribution in [0.15, 0.2) is 11.5 Å². The third kappa shape index (κ3) is 20.4. The van der Waals surface area contributed by atoms with Crippen LogP contribution in [0.2, 0.25) is 0 Å². The Kier molecular flexibility index (Phi) is 29.5. The average molecular weight is 602 g/mol. The van der Waals surface area contributed by atoms with Gasteiger partial charge < -0.3 is 35.5 Å². The van der Waals surface area contributed by atoms with Crippen LogP contribution in [0.5, 0.6) is 0 Å². The van der Waals surface area contributed by atoms with Crippen molar-refractivity contribution in [2.75, 3.05) is 6.61 Å². The summed E-state index contributed by atoms with van der Waals surface area (Å²) < 4.78 is 44.0. The van der Waals surface area contributed by atoms with Crippen molar-refractivity contribution in [3.05, 3.63) is 11.5 Å². The van der Waals surface area contributed by atoms with Crippen molar-refractivity contribution in [3.63, 3.8) is 0 Å². The molecule has 0 bridgehead atoms. The number of carbonyl (C=O) groups is 2. The van der Waals surface area contributed by atoms with Gasteiger partial charge in [0.15, 0.2) is 23.5 Å². The molecule has 0 aromatic heterocycles. The van der Waals surface area contributed by atoms with Gasteiger partial charge in [-0.15, -0.1) is 0 Å². The van der Waals surface area contributed by atoms with E-state index in [2.05, 4.69) is 15.8 Å². The van der Waals surface area contributed by atoms with E-state index in [1.54, 1.807) is 0 Å². The zero-order valence-electron chi connectivity index (χ0n) is 20.6. The zero-order chi connectivity index (χ0) is 24.7. The van der Waals surface area contributed by atoms with Gasteiger partial charge >= 0.3 is 60.1 Å². The molecule has 0 aliphatic carbocycles. The summed E-state index contributed by atoms with van der Waals surface area (Å²) in [5.74, 6) is -4.07. The van der Waals surface area contributed by atoms with Gasteiger partial charge in [0.1, 0.15) is 12.7 Å². The second-order valence-corrected chi connectivity index (χ2v) is 9.31. The number of cyclic esters (lactones) is 1. The third-order valence-electron chi connectivity index (χ3n) is 5.36. The van der Waals surface area contributed by atoms with Crippen molar-refractivity contribution in [2.24, 2.45) is 0 Å². The van der Waals surface area contributed by atoms with E-state index >= 15 is 0 Å². The number of esters is 2. The Morgan fingerprint density at radius 3 is 1.84 bits per heavy atom. The summed E-state index contributed by atoms with van der Waals surface area (Å²) in [5, 5.41) is 19.5. The molecule has 0 aromatic rings. The van der Waals surface area contributed by atoms with Gasteiger partial charge in [0, 0.05) is 6.42 Å². The molecule has 0 unspecified atom stereocenters. The number of hydrogen-bond acceptors (Lipinski definition) is 10. The Hall–Kier alpha value is -0.138. The van der Waals surface area contributed by atoms with Gasteiger partial charge in [0.05, 0.1) is 0 Å². The molecule has 0 radical (unpaired) electrons. The van der Waals surface area contributed by atoms with Crippen LogP contribution >= 0.6 is 0 Å². The molecule has 0 saturated carbocycles. The topological polar surface area (TPSA) is 223 Å². The van der Waals surface area contributed by atoms with Crippen molar-refractivity contribution in [1.82, 2.24) is 6.15 Å². The normalized spacial score (nSPS) is 15.3. The molecule has 2 atom stereocenters. The van der Waals surface area contributed by atoms with Gasteiger partial charge in [0.25, 0.3) is 0 Å². The van der Waals surface area contributed by atoms with E-state index in [1.807, 2.05) is 0 Å². The minimum absolute atomic E-state index is 0. The first-order chi connectivity index (χ1) is 15.7. The van der Waals surface area contributed by atoms with E-state index in [9.17, 15) is 28.2 Å². The van der Waals surface area contributed by atoms with Gasteiger partial charge in [-0.2, -0.15) is 8.42 Å². The van der Waals surface area contributed by atoms with Gasteiger partial charge in [-0.05, 0) is 6.42 Å². The fraction of sp³-hybridized carbons (Fsp3) is 0.818. The summed E-state index contributed by atoms with van der Waals surface area (Å²) in [4.78, 5) is 23.2. The number of ether oxygens (including phenoxy) is 2. The number of carbonyl (C=O) groups excluding carboxylic acids is 2. The molecule has 218 valence electrons. The Bertz CT molecular complexity index is 753.